The Labute approximate surface area is 183 Å². The molecule has 0 fully saturated rings. The summed E-state index contributed by atoms with van der Waals surface area (Å²) in [6, 6.07) is 9.17. The topological polar surface area (TPSA) is 31.4 Å². The van der Waals surface area contributed by atoms with Crippen LogP contribution in [0, 0.1) is 0 Å². The van der Waals surface area contributed by atoms with Gasteiger partial charge in [-0.3, -0.25) is 0 Å². The van der Waals surface area contributed by atoms with Crippen LogP contribution in [0.3, 0.4) is 0 Å². The lowest BCUT2D eigenvalue weighted by molar-refractivity contribution is -0.137. The summed E-state index contributed by atoms with van der Waals surface area (Å²) >= 11 is 23.3. The summed E-state index contributed by atoms with van der Waals surface area (Å²) in [5.41, 5.74) is -0.975. The fourth-order valence-corrected chi connectivity index (χ4v) is 2.98. The zero-order valence-electron chi connectivity index (χ0n) is 14.2. The first-order valence-electron chi connectivity index (χ1n) is 7.92. The first kappa shape index (κ1) is 21.8. The third kappa shape index (κ3) is 5.39. The molecule has 0 bridgehead atoms. The zero-order valence-corrected chi connectivity index (χ0v) is 17.3. The minimum absolute atomic E-state index is 0.103. The van der Waals surface area contributed by atoms with E-state index < -0.39 is 11.7 Å². The molecule has 1 heterocycles. The van der Waals surface area contributed by atoms with Gasteiger partial charge in [0, 0.05) is 11.6 Å². The van der Waals surface area contributed by atoms with Crippen molar-refractivity contribution in [2.24, 2.45) is 0 Å². The molecule has 29 heavy (non-hydrogen) atoms. The van der Waals surface area contributed by atoms with Gasteiger partial charge in [-0.1, -0.05) is 52.5 Å². The summed E-state index contributed by atoms with van der Waals surface area (Å²) in [5, 5.41) is 1.36. The van der Waals surface area contributed by atoms with Crippen LogP contribution in [-0.4, -0.2) is 11.6 Å². The highest BCUT2D eigenvalue weighted by Gasteiger charge is 2.31. The lowest BCUT2D eigenvalue weighted by Gasteiger charge is -2.12. The highest BCUT2D eigenvalue weighted by Crippen LogP contribution is 2.39. The second kappa shape index (κ2) is 8.88. The lowest BCUT2D eigenvalue weighted by atomic mass is 10.1. The first-order valence-corrected chi connectivity index (χ1v) is 9.43. The van der Waals surface area contributed by atoms with Crippen molar-refractivity contribution in [2.45, 2.75) is 6.18 Å². The van der Waals surface area contributed by atoms with Crippen molar-refractivity contribution in [3.63, 3.8) is 0 Å². The largest absolute Gasteiger partial charge is 0.489 e. The van der Waals surface area contributed by atoms with Gasteiger partial charge in [0.05, 0.1) is 10.6 Å². The summed E-state index contributed by atoms with van der Waals surface area (Å²) in [5.74, 6) is 0.574. The van der Waals surface area contributed by atoms with Gasteiger partial charge < -0.3 is 9.47 Å². The molecule has 0 saturated heterocycles. The van der Waals surface area contributed by atoms with E-state index in [9.17, 15) is 13.2 Å². The highest BCUT2D eigenvalue weighted by atomic mass is 35.5. The van der Waals surface area contributed by atoms with Gasteiger partial charge in [-0.2, -0.15) is 13.2 Å². The SMILES string of the molecule is FC(F)(F)c1cnc(Oc2ccc3cc(OCC=C(Cl)Cl)ccc3c2Cl)c(Cl)c1. The maximum atomic E-state index is 12.7. The minimum Gasteiger partial charge on any atom is -0.489 e. The number of fused-ring (bicyclic) bond motifs is 1. The second-order valence-corrected chi connectivity index (χ2v) is 7.47. The number of nitrogens with zero attached hydrogens (tertiary/aromatic N) is 1. The van der Waals surface area contributed by atoms with Crippen molar-refractivity contribution in [2.75, 3.05) is 6.61 Å². The molecule has 0 aliphatic rings. The molecule has 152 valence electrons. The molecule has 0 aliphatic carbocycles. The number of aromatic nitrogens is 1. The van der Waals surface area contributed by atoms with Gasteiger partial charge in [0.1, 0.15) is 27.6 Å². The molecule has 0 N–H and O–H groups in total. The van der Waals surface area contributed by atoms with Crippen LogP contribution in [0.15, 0.2) is 53.2 Å². The molecule has 1 aromatic heterocycles. The summed E-state index contributed by atoms with van der Waals surface area (Å²) in [4.78, 5) is 3.64. The average Bonchev–Trinajstić information content (AvgIpc) is 2.64. The Balaban J connectivity index is 1.86. The summed E-state index contributed by atoms with van der Waals surface area (Å²) in [7, 11) is 0. The Bertz CT molecular complexity index is 1080. The summed E-state index contributed by atoms with van der Waals surface area (Å²) in [6.45, 7) is 0.195. The molecule has 0 aliphatic heterocycles. The van der Waals surface area contributed by atoms with E-state index in [4.69, 9.17) is 55.9 Å². The van der Waals surface area contributed by atoms with E-state index in [2.05, 4.69) is 4.98 Å². The van der Waals surface area contributed by atoms with Crippen molar-refractivity contribution in [1.29, 1.82) is 0 Å². The number of hydrogen-bond acceptors (Lipinski definition) is 3. The molecule has 3 nitrogen and oxygen atoms in total. The van der Waals surface area contributed by atoms with Crippen LogP contribution in [0.4, 0.5) is 13.2 Å². The van der Waals surface area contributed by atoms with Crippen molar-refractivity contribution < 1.29 is 22.6 Å². The van der Waals surface area contributed by atoms with E-state index in [0.29, 0.717) is 17.3 Å². The molecular weight excluding hydrogens is 473 g/mol. The number of rotatable bonds is 5. The Hall–Kier alpha value is -1.86. The number of hydrogen-bond donors (Lipinski definition) is 0. The normalized spacial score (nSPS) is 11.4. The average molecular weight is 483 g/mol. The van der Waals surface area contributed by atoms with Crippen LogP contribution in [0.25, 0.3) is 10.8 Å². The molecule has 0 spiro atoms. The van der Waals surface area contributed by atoms with Gasteiger partial charge in [-0.15, -0.1) is 0 Å². The second-order valence-electron chi connectivity index (χ2n) is 5.68. The van der Waals surface area contributed by atoms with E-state index in [1.165, 1.54) is 6.08 Å². The Morgan fingerprint density at radius 2 is 1.83 bits per heavy atom. The molecule has 0 amide bonds. The van der Waals surface area contributed by atoms with Crippen LogP contribution < -0.4 is 9.47 Å². The molecule has 10 heteroatoms. The zero-order chi connectivity index (χ0) is 21.2. The van der Waals surface area contributed by atoms with Gasteiger partial charge in [0.2, 0.25) is 5.88 Å². The summed E-state index contributed by atoms with van der Waals surface area (Å²) in [6.07, 6.45) is -2.42. The molecule has 3 rings (SSSR count). The van der Waals surface area contributed by atoms with Crippen LogP contribution in [0.5, 0.6) is 17.4 Å². The third-order valence-corrected chi connectivity index (χ3v) is 4.69. The van der Waals surface area contributed by atoms with Crippen LogP contribution >= 0.6 is 46.4 Å². The van der Waals surface area contributed by atoms with E-state index in [-0.39, 0.29) is 32.8 Å². The highest BCUT2D eigenvalue weighted by molar-refractivity contribution is 6.55. The van der Waals surface area contributed by atoms with E-state index in [1.54, 1.807) is 30.3 Å². The fourth-order valence-electron chi connectivity index (χ4n) is 2.38. The standard InChI is InChI=1S/C19H10Cl4F3NO2/c20-14-8-11(19(24,25)26)9-27-18(14)29-15-4-1-10-7-12(28-6-5-16(21)22)2-3-13(10)17(15)23/h1-5,7-9H,6H2. The van der Waals surface area contributed by atoms with Crippen molar-refractivity contribution >= 4 is 57.2 Å². The van der Waals surface area contributed by atoms with E-state index in [0.717, 1.165) is 11.5 Å². The number of benzene rings is 2. The van der Waals surface area contributed by atoms with Crippen LogP contribution in [-0.2, 0) is 6.18 Å². The van der Waals surface area contributed by atoms with E-state index >= 15 is 0 Å². The number of ether oxygens (including phenoxy) is 2. The molecular formula is C19H10Cl4F3NO2. The van der Waals surface area contributed by atoms with Gasteiger partial charge in [-0.25, -0.2) is 4.98 Å². The van der Waals surface area contributed by atoms with E-state index in [1.807, 2.05) is 0 Å². The smallest absolute Gasteiger partial charge is 0.417 e. The molecule has 0 atom stereocenters. The van der Waals surface area contributed by atoms with Crippen LogP contribution in [0.1, 0.15) is 5.56 Å². The number of alkyl halides is 3. The Morgan fingerprint density at radius 3 is 2.48 bits per heavy atom. The van der Waals surface area contributed by atoms with Crippen LogP contribution in [0.2, 0.25) is 10.0 Å². The van der Waals surface area contributed by atoms with Gasteiger partial charge in [0.25, 0.3) is 0 Å². The Morgan fingerprint density at radius 1 is 1.07 bits per heavy atom. The Kier molecular flexibility index (Phi) is 6.69. The molecule has 0 radical (unpaired) electrons. The van der Waals surface area contributed by atoms with Crippen molar-refractivity contribution in [3.8, 4) is 17.4 Å². The molecule has 2 aromatic carbocycles. The predicted octanol–water partition coefficient (Wildman–Crippen LogP) is 8.05. The fraction of sp³-hybridized carbons (Fsp3) is 0.105. The maximum Gasteiger partial charge on any atom is 0.417 e. The van der Waals surface area contributed by atoms with Crippen molar-refractivity contribution in [3.05, 3.63) is 68.8 Å². The lowest BCUT2D eigenvalue weighted by Crippen LogP contribution is -2.05. The van der Waals surface area contributed by atoms with Gasteiger partial charge in [0.15, 0.2) is 0 Å². The number of halogens is 7. The first-order chi connectivity index (χ1) is 13.6. The minimum atomic E-state index is -4.56. The third-order valence-electron chi connectivity index (χ3n) is 3.72. The van der Waals surface area contributed by atoms with Crippen molar-refractivity contribution in [1.82, 2.24) is 4.98 Å². The molecule has 0 saturated carbocycles. The maximum absolute atomic E-state index is 12.7. The van der Waals surface area contributed by atoms with Gasteiger partial charge >= 0.3 is 6.18 Å². The summed E-state index contributed by atoms with van der Waals surface area (Å²) < 4.78 is 49.3. The monoisotopic (exact) mass is 481 g/mol. The predicted molar refractivity (Wildman–Crippen MR) is 109 cm³/mol. The molecule has 0 unspecified atom stereocenters. The van der Waals surface area contributed by atoms with Gasteiger partial charge in [-0.05, 0) is 41.8 Å². The quantitative estimate of drug-likeness (QED) is 0.368. The number of pyridine rings is 1. The molecule has 3 aromatic rings.